The van der Waals surface area contributed by atoms with Crippen molar-refractivity contribution in [3.63, 3.8) is 0 Å². The highest BCUT2D eigenvalue weighted by Gasteiger charge is 2.17. The predicted octanol–water partition coefficient (Wildman–Crippen LogP) is 4.56. The quantitative estimate of drug-likeness (QED) is 0.842. The van der Waals surface area contributed by atoms with Crippen LogP contribution in [0.5, 0.6) is 0 Å². The average molecular weight is 309 g/mol. The molecular formula is C16H21ClN2S. The van der Waals surface area contributed by atoms with E-state index in [0.717, 1.165) is 18.0 Å². The fraction of sp³-hybridized carbons (Fsp3) is 0.375. The summed E-state index contributed by atoms with van der Waals surface area (Å²) in [5.41, 5.74) is 2.47. The first-order chi connectivity index (χ1) is 9.63. The molecule has 0 aliphatic rings. The lowest BCUT2D eigenvalue weighted by Gasteiger charge is -2.20. The van der Waals surface area contributed by atoms with Gasteiger partial charge in [0, 0.05) is 24.7 Å². The van der Waals surface area contributed by atoms with Crippen LogP contribution in [0.25, 0.3) is 0 Å². The number of halogens is 1. The number of benzene rings is 1. The van der Waals surface area contributed by atoms with E-state index in [2.05, 4.69) is 55.5 Å². The van der Waals surface area contributed by atoms with Gasteiger partial charge < -0.3 is 10.2 Å². The highest BCUT2D eigenvalue weighted by atomic mass is 35.5. The highest BCUT2D eigenvalue weighted by molar-refractivity contribution is 7.10. The Morgan fingerprint density at radius 2 is 1.90 bits per heavy atom. The molecule has 0 aliphatic carbocycles. The van der Waals surface area contributed by atoms with E-state index in [9.17, 15) is 0 Å². The van der Waals surface area contributed by atoms with Crippen molar-refractivity contribution < 1.29 is 0 Å². The number of nitrogens with one attached hydrogen (secondary N) is 1. The molecule has 4 heteroatoms. The highest BCUT2D eigenvalue weighted by Crippen LogP contribution is 2.33. The predicted molar refractivity (Wildman–Crippen MR) is 90.2 cm³/mol. The van der Waals surface area contributed by atoms with Gasteiger partial charge in [-0.3, -0.25) is 0 Å². The van der Waals surface area contributed by atoms with Gasteiger partial charge >= 0.3 is 0 Å². The van der Waals surface area contributed by atoms with Crippen LogP contribution < -0.4 is 10.2 Å². The first kappa shape index (κ1) is 15.4. The topological polar surface area (TPSA) is 15.3 Å². The third-order valence-corrected chi connectivity index (χ3v) is 4.67. The Morgan fingerprint density at radius 1 is 1.20 bits per heavy atom. The van der Waals surface area contributed by atoms with Crippen LogP contribution in [0, 0.1) is 0 Å². The van der Waals surface area contributed by atoms with Gasteiger partial charge in [0.2, 0.25) is 0 Å². The Kier molecular flexibility index (Phi) is 5.46. The van der Waals surface area contributed by atoms with Crippen molar-refractivity contribution in [2.24, 2.45) is 0 Å². The molecule has 0 fully saturated rings. The van der Waals surface area contributed by atoms with E-state index >= 15 is 0 Å². The van der Waals surface area contributed by atoms with Crippen LogP contribution in [0.1, 0.15) is 29.8 Å². The van der Waals surface area contributed by atoms with Crippen LogP contribution in [0.4, 0.5) is 5.69 Å². The zero-order valence-electron chi connectivity index (χ0n) is 12.2. The molecule has 0 spiro atoms. The monoisotopic (exact) mass is 308 g/mol. The van der Waals surface area contributed by atoms with Crippen LogP contribution in [-0.2, 0) is 0 Å². The molecule has 108 valence electrons. The van der Waals surface area contributed by atoms with Gasteiger partial charge in [-0.1, -0.05) is 30.7 Å². The molecule has 1 aromatic heterocycles. The summed E-state index contributed by atoms with van der Waals surface area (Å²) >= 11 is 8.02. The minimum absolute atomic E-state index is 0.179. The second-order valence-electron chi connectivity index (χ2n) is 5.01. The maximum Gasteiger partial charge on any atom is 0.0686 e. The van der Waals surface area contributed by atoms with Crippen LogP contribution in [0.15, 0.2) is 35.7 Å². The van der Waals surface area contributed by atoms with E-state index in [1.54, 1.807) is 11.3 Å². The molecule has 20 heavy (non-hydrogen) atoms. The van der Waals surface area contributed by atoms with Crippen LogP contribution in [0.2, 0.25) is 5.02 Å². The number of hydrogen-bond acceptors (Lipinski definition) is 3. The van der Waals surface area contributed by atoms with E-state index in [1.807, 2.05) is 11.4 Å². The van der Waals surface area contributed by atoms with Gasteiger partial charge in [-0.15, -0.1) is 11.3 Å². The number of nitrogens with zero attached hydrogens (tertiary/aromatic N) is 1. The Labute approximate surface area is 130 Å². The van der Waals surface area contributed by atoms with Crippen molar-refractivity contribution in [1.29, 1.82) is 0 Å². The standard InChI is InChI=1S/C16H21ClN2S/c1-4-10-18-15(16-14(17)9-11-20-16)12-5-7-13(8-6-12)19(2)3/h5-9,11,15,18H,4,10H2,1-3H3. The normalized spacial score (nSPS) is 12.4. The zero-order valence-corrected chi connectivity index (χ0v) is 13.8. The van der Waals surface area contributed by atoms with Gasteiger partial charge in [-0.2, -0.15) is 0 Å². The molecule has 0 bridgehead atoms. The molecule has 1 N–H and O–H groups in total. The van der Waals surface area contributed by atoms with Gasteiger partial charge in [-0.25, -0.2) is 0 Å². The molecule has 0 amide bonds. The van der Waals surface area contributed by atoms with Gasteiger partial charge in [0.15, 0.2) is 0 Å². The summed E-state index contributed by atoms with van der Waals surface area (Å²) in [6, 6.07) is 10.8. The number of anilines is 1. The lowest BCUT2D eigenvalue weighted by molar-refractivity contribution is 0.606. The van der Waals surface area contributed by atoms with Crippen LogP contribution in [0.3, 0.4) is 0 Å². The van der Waals surface area contributed by atoms with Crippen LogP contribution in [-0.4, -0.2) is 20.6 Å². The van der Waals surface area contributed by atoms with E-state index in [4.69, 9.17) is 11.6 Å². The molecule has 1 unspecified atom stereocenters. The van der Waals surface area contributed by atoms with Gasteiger partial charge in [0.05, 0.1) is 11.1 Å². The van der Waals surface area contributed by atoms with Gasteiger partial charge in [0.1, 0.15) is 0 Å². The molecule has 2 nitrogen and oxygen atoms in total. The van der Waals surface area contributed by atoms with Crippen molar-refractivity contribution in [1.82, 2.24) is 5.32 Å². The molecule has 2 rings (SSSR count). The lowest BCUT2D eigenvalue weighted by atomic mass is 10.0. The zero-order chi connectivity index (χ0) is 14.5. The average Bonchev–Trinajstić information content (AvgIpc) is 2.86. The van der Waals surface area contributed by atoms with Crippen LogP contribution >= 0.6 is 22.9 Å². The summed E-state index contributed by atoms with van der Waals surface area (Å²) < 4.78 is 0. The molecule has 0 radical (unpaired) electrons. The Bertz CT molecular complexity index is 534. The SMILES string of the molecule is CCCNC(c1ccc(N(C)C)cc1)c1sccc1Cl. The summed E-state index contributed by atoms with van der Waals surface area (Å²) in [5, 5.41) is 6.49. The minimum Gasteiger partial charge on any atom is -0.378 e. The number of rotatable bonds is 6. The van der Waals surface area contributed by atoms with E-state index in [1.165, 1.54) is 16.1 Å². The van der Waals surface area contributed by atoms with Crippen molar-refractivity contribution in [2.45, 2.75) is 19.4 Å². The summed E-state index contributed by atoms with van der Waals surface area (Å²) in [5.74, 6) is 0. The molecule has 0 aliphatic heterocycles. The third kappa shape index (κ3) is 3.54. The maximum absolute atomic E-state index is 6.31. The number of thiophene rings is 1. The second kappa shape index (κ2) is 7.11. The fourth-order valence-electron chi connectivity index (χ4n) is 2.13. The second-order valence-corrected chi connectivity index (χ2v) is 6.36. The van der Waals surface area contributed by atoms with Crippen molar-refractivity contribution >= 4 is 28.6 Å². The first-order valence-corrected chi connectivity index (χ1v) is 8.12. The van der Waals surface area contributed by atoms with E-state index < -0.39 is 0 Å². The van der Waals surface area contributed by atoms with Gasteiger partial charge in [-0.05, 0) is 42.1 Å². The molecule has 2 aromatic rings. The van der Waals surface area contributed by atoms with Crippen molar-refractivity contribution in [3.8, 4) is 0 Å². The fourth-order valence-corrected chi connectivity index (χ4v) is 3.39. The molecule has 0 saturated carbocycles. The van der Waals surface area contributed by atoms with E-state index in [0.29, 0.717) is 0 Å². The lowest BCUT2D eigenvalue weighted by Crippen LogP contribution is -2.22. The summed E-state index contributed by atoms with van der Waals surface area (Å²) in [6.07, 6.45) is 1.11. The Balaban J connectivity index is 2.29. The summed E-state index contributed by atoms with van der Waals surface area (Å²) in [6.45, 7) is 3.16. The molecule has 1 heterocycles. The molecular weight excluding hydrogens is 288 g/mol. The molecule has 0 saturated heterocycles. The maximum atomic E-state index is 6.31. The minimum atomic E-state index is 0.179. The van der Waals surface area contributed by atoms with E-state index in [-0.39, 0.29) is 6.04 Å². The Morgan fingerprint density at radius 3 is 2.40 bits per heavy atom. The molecule has 1 atom stereocenters. The van der Waals surface area contributed by atoms with Gasteiger partial charge in [0.25, 0.3) is 0 Å². The van der Waals surface area contributed by atoms with Crippen molar-refractivity contribution in [2.75, 3.05) is 25.5 Å². The van der Waals surface area contributed by atoms with Crippen molar-refractivity contribution in [3.05, 3.63) is 51.2 Å². The smallest absolute Gasteiger partial charge is 0.0686 e. The summed E-state index contributed by atoms with van der Waals surface area (Å²) in [4.78, 5) is 3.30. The summed E-state index contributed by atoms with van der Waals surface area (Å²) in [7, 11) is 4.11. The third-order valence-electron chi connectivity index (χ3n) is 3.25. The largest absolute Gasteiger partial charge is 0.378 e. The molecule has 1 aromatic carbocycles. The first-order valence-electron chi connectivity index (χ1n) is 6.87. The Hall–Kier alpha value is -1.03. The number of hydrogen-bond donors (Lipinski definition) is 1.